The Bertz CT molecular complexity index is 363. The van der Waals surface area contributed by atoms with Crippen molar-refractivity contribution < 1.29 is 9.90 Å². The Morgan fingerprint density at radius 2 is 2.00 bits per heavy atom. The quantitative estimate of drug-likeness (QED) is 0.648. The average molecular weight is 201 g/mol. The molecule has 1 aromatic rings. The van der Waals surface area contributed by atoms with Gasteiger partial charge in [-0.15, -0.1) is 0 Å². The Morgan fingerprint density at radius 1 is 1.33 bits per heavy atom. The molecule has 0 spiro atoms. The van der Waals surface area contributed by atoms with Gasteiger partial charge in [-0.1, -0.05) is 17.6 Å². The smallest absolute Gasteiger partial charge is 0.255 e. The summed E-state index contributed by atoms with van der Waals surface area (Å²) in [6, 6.07) is 7.10. The maximum atomic E-state index is 11.7. The number of hydrogen-bond donors (Lipinski definition) is 1. The van der Waals surface area contributed by atoms with Gasteiger partial charge in [-0.05, 0) is 25.0 Å². The highest BCUT2D eigenvalue weighted by atomic mass is 16.3. The van der Waals surface area contributed by atoms with Crippen molar-refractivity contribution in [2.75, 3.05) is 11.4 Å². The number of nitrogens with zero attached hydrogens (tertiary/aromatic N) is 1. The summed E-state index contributed by atoms with van der Waals surface area (Å²) >= 11 is 0. The molecule has 3 nitrogen and oxygen atoms in total. The molecule has 1 aliphatic rings. The maximum Gasteiger partial charge on any atom is 0.255 e. The molecule has 1 aliphatic heterocycles. The van der Waals surface area contributed by atoms with Gasteiger partial charge in [-0.2, -0.15) is 0 Å². The van der Waals surface area contributed by atoms with Gasteiger partial charge in [0.25, 0.3) is 5.91 Å². The van der Waals surface area contributed by atoms with Gasteiger partial charge in [0.1, 0.15) is 14.0 Å². The van der Waals surface area contributed by atoms with Gasteiger partial charge in [-0.3, -0.25) is 4.79 Å². The van der Waals surface area contributed by atoms with E-state index in [2.05, 4.69) is 0 Å². The van der Waals surface area contributed by atoms with Crippen LogP contribution in [0.4, 0.5) is 5.69 Å². The Morgan fingerprint density at radius 3 is 2.67 bits per heavy atom. The number of anilines is 1. The monoisotopic (exact) mass is 201 g/mol. The van der Waals surface area contributed by atoms with Gasteiger partial charge in [0.05, 0.1) is 0 Å². The van der Waals surface area contributed by atoms with Crippen molar-refractivity contribution in [3.63, 3.8) is 0 Å². The fourth-order valence-corrected chi connectivity index (χ4v) is 1.77. The first-order chi connectivity index (χ1) is 7.18. The van der Waals surface area contributed by atoms with Crippen LogP contribution in [-0.2, 0) is 4.79 Å². The minimum absolute atomic E-state index is 0.217. The second-order valence-electron chi connectivity index (χ2n) is 3.74. The zero-order chi connectivity index (χ0) is 10.8. The molecule has 1 fully saturated rings. The fraction of sp³-hybridized carbons (Fsp3) is 0.364. The number of rotatable bonds is 1. The van der Waals surface area contributed by atoms with E-state index in [9.17, 15) is 9.90 Å². The van der Waals surface area contributed by atoms with Crippen molar-refractivity contribution in [1.29, 1.82) is 0 Å². The normalized spacial score (nSPS) is 21.8. The van der Waals surface area contributed by atoms with Gasteiger partial charge in [0, 0.05) is 12.2 Å². The summed E-state index contributed by atoms with van der Waals surface area (Å²) < 4.78 is 0. The number of benzene rings is 1. The first kappa shape index (κ1) is 10.2. The third-order valence-electron chi connectivity index (χ3n) is 2.62. The van der Waals surface area contributed by atoms with Crippen molar-refractivity contribution >= 4 is 24.9 Å². The van der Waals surface area contributed by atoms with Crippen molar-refractivity contribution in [1.82, 2.24) is 0 Å². The summed E-state index contributed by atoms with van der Waals surface area (Å²) in [4.78, 5) is 13.3. The lowest BCUT2D eigenvalue weighted by molar-refractivity contribution is -0.128. The molecule has 1 heterocycles. The van der Waals surface area contributed by atoms with Gasteiger partial charge < -0.3 is 10.0 Å². The lowest BCUT2D eigenvalue weighted by Gasteiger charge is -2.29. The van der Waals surface area contributed by atoms with Gasteiger partial charge in [0.15, 0.2) is 0 Å². The minimum Gasteiger partial charge on any atom is -0.383 e. The van der Waals surface area contributed by atoms with Crippen LogP contribution in [0.25, 0.3) is 0 Å². The fourth-order valence-electron chi connectivity index (χ4n) is 1.77. The highest BCUT2D eigenvalue weighted by molar-refractivity contribution is 6.32. The lowest BCUT2D eigenvalue weighted by Crippen LogP contribution is -2.44. The van der Waals surface area contributed by atoms with E-state index in [1.807, 2.05) is 0 Å². The highest BCUT2D eigenvalue weighted by Crippen LogP contribution is 2.19. The summed E-state index contributed by atoms with van der Waals surface area (Å²) in [7, 11) is 5.57. The SMILES string of the molecule is [B]c1ccc(N2CCCC(O)C2=O)cc1. The Labute approximate surface area is 90.1 Å². The number of amides is 1. The van der Waals surface area contributed by atoms with Crippen molar-refractivity contribution in [3.8, 4) is 0 Å². The van der Waals surface area contributed by atoms with Gasteiger partial charge in [-0.25, -0.2) is 0 Å². The van der Waals surface area contributed by atoms with E-state index in [-0.39, 0.29) is 5.91 Å². The second kappa shape index (κ2) is 4.07. The number of hydrogen-bond acceptors (Lipinski definition) is 2. The first-order valence-corrected chi connectivity index (χ1v) is 5.03. The summed E-state index contributed by atoms with van der Waals surface area (Å²) in [6.07, 6.45) is 0.540. The molecule has 76 valence electrons. The highest BCUT2D eigenvalue weighted by Gasteiger charge is 2.27. The summed E-state index contributed by atoms with van der Waals surface area (Å²) in [5, 5.41) is 9.45. The van der Waals surface area contributed by atoms with Crippen molar-refractivity contribution in [3.05, 3.63) is 24.3 Å². The number of piperidine rings is 1. The Balaban J connectivity index is 2.22. The van der Waals surface area contributed by atoms with Crippen LogP contribution in [0.5, 0.6) is 0 Å². The molecular weight excluding hydrogens is 189 g/mol. The number of aliphatic hydroxyl groups excluding tert-OH is 1. The predicted octanol–water partition coefficient (Wildman–Crippen LogP) is -0.0319. The van der Waals surface area contributed by atoms with Crippen LogP contribution < -0.4 is 10.4 Å². The van der Waals surface area contributed by atoms with E-state index >= 15 is 0 Å². The molecule has 15 heavy (non-hydrogen) atoms. The Kier molecular flexibility index (Phi) is 2.78. The molecular formula is C11H12BNO2. The third-order valence-corrected chi connectivity index (χ3v) is 2.62. The molecule has 1 aromatic carbocycles. The molecule has 0 bridgehead atoms. The van der Waals surface area contributed by atoms with Crippen molar-refractivity contribution in [2.45, 2.75) is 18.9 Å². The molecule has 1 saturated heterocycles. The molecule has 2 radical (unpaired) electrons. The average Bonchev–Trinajstić information content (AvgIpc) is 2.24. The molecule has 0 aliphatic carbocycles. The summed E-state index contributed by atoms with van der Waals surface area (Å²) in [6.45, 7) is 0.666. The standard InChI is InChI=1S/C11H12BNO2/c12-8-3-5-9(6-4-8)13-7-1-2-10(14)11(13)15/h3-6,10,14H,1-2,7H2. The molecule has 1 N–H and O–H groups in total. The topological polar surface area (TPSA) is 40.5 Å². The van der Waals surface area contributed by atoms with E-state index in [4.69, 9.17) is 7.85 Å². The molecule has 1 atom stereocenters. The summed E-state index contributed by atoms with van der Waals surface area (Å²) in [5.41, 5.74) is 1.47. The van der Waals surface area contributed by atoms with Crippen LogP contribution >= 0.6 is 0 Å². The van der Waals surface area contributed by atoms with Gasteiger partial charge >= 0.3 is 0 Å². The van der Waals surface area contributed by atoms with E-state index in [1.165, 1.54) is 0 Å². The van der Waals surface area contributed by atoms with Crippen LogP contribution in [0.1, 0.15) is 12.8 Å². The number of carbonyl (C=O) groups excluding carboxylic acids is 1. The molecule has 1 amide bonds. The lowest BCUT2D eigenvalue weighted by atomic mass is 9.96. The van der Waals surface area contributed by atoms with Crippen molar-refractivity contribution in [2.24, 2.45) is 0 Å². The second-order valence-corrected chi connectivity index (χ2v) is 3.74. The van der Waals surface area contributed by atoms with Crippen LogP contribution in [0.15, 0.2) is 24.3 Å². The van der Waals surface area contributed by atoms with E-state index in [1.54, 1.807) is 29.2 Å². The molecule has 2 rings (SSSR count). The zero-order valence-electron chi connectivity index (χ0n) is 8.39. The van der Waals surface area contributed by atoms with Crippen LogP contribution in [0.2, 0.25) is 0 Å². The Hall–Kier alpha value is -1.29. The molecule has 0 aromatic heterocycles. The number of aliphatic hydroxyl groups is 1. The maximum absolute atomic E-state index is 11.7. The van der Waals surface area contributed by atoms with E-state index in [0.29, 0.717) is 18.4 Å². The third kappa shape index (κ3) is 2.05. The van der Waals surface area contributed by atoms with Crippen LogP contribution in [0.3, 0.4) is 0 Å². The van der Waals surface area contributed by atoms with E-state index in [0.717, 1.165) is 12.1 Å². The first-order valence-electron chi connectivity index (χ1n) is 5.03. The van der Waals surface area contributed by atoms with Gasteiger partial charge in [0.2, 0.25) is 0 Å². The van der Waals surface area contributed by atoms with Crippen LogP contribution in [0, 0.1) is 0 Å². The molecule has 4 heteroatoms. The molecule has 0 saturated carbocycles. The number of carbonyl (C=O) groups is 1. The predicted molar refractivity (Wildman–Crippen MR) is 59.4 cm³/mol. The minimum atomic E-state index is -0.851. The summed E-state index contributed by atoms with van der Waals surface area (Å²) in [5.74, 6) is -0.217. The van der Waals surface area contributed by atoms with Crippen LogP contribution in [-0.4, -0.2) is 31.5 Å². The van der Waals surface area contributed by atoms with E-state index < -0.39 is 6.10 Å². The largest absolute Gasteiger partial charge is 0.383 e. The zero-order valence-corrected chi connectivity index (χ0v) is 8.39. The molecule has 1 unspecified atom stereocenters.